The molecule has 7 rings (SSSR count). The van der Waals surface area contributed by atoms with Crippen molar-refractivity contribution in [2.75, 3.05) is 88.6 Å². The fourth-order valence-corrected chi connectivity index (χ4v) is 16.4. The highest BCUT2D eigenvalue weighted by Crippen LogP contribution is 2.38. The maximum absolute atomic E-state index is 15.7. The van der Waals surface area contributed by atoms with E-state index in [2.05, 4.69) is 16.0 Å². The first-order valence-corrected chi connectivity index (χ1v) is 36.5. The van der Waals surface area contributed by atoms with Crippen molar-refractivity contribution in [2.45, 2.75) is 253 Å². The van der Waals surface area contributed by atoms with Crippen molar-refractivity contribution in [1.29, 1.82) is 0 Å². The molecule has 3 aliphatic heterocycles. The van der Waals surface area contributed by atoms with Crippen molar-refractivity contribution in [1.82, 2.24) is 60.0 Å². The Kier molecular flexibility index (Phi) is 28.3. The number of piperidine rings is 1. The lowest BCUT2D eigenvalue weighted by atomic mass is 9.81. The highest BCUT2D eigenvalue weighted by molar-refractivity contribution is 6.30. The number of carbonyl (C=O) groups excluding carboxylic acids is 12. The van der Waals surface area contributed by atoms with E-state index >= 15 is 19.2 Å². The van der Waals surface area contributed by atoms with Gasteiger partial charge in [0.05, 0.1) is 31.4 Å². The van der Waals surface area contributed by atoms with Crippen LogP contribution in [0.1, 0.15) is 194 Å². The van der Waals surface area contributed by atoms with Crippen molar-refractivity contribution in [3.8, 4) is 0 Å². The van der Waals surface area contributed by atoms with Crippen LogP contribution in [0.4, 0.5) is 0 Å². The average molecular weight is 1370 g/mol. The van der Waals surface area contributed by atoms with E-state index in [0.29, 0.717) is 77.3 Å². The van der Waals surface area contributed by atoms with Crippen LogP contribution in [0.5, 0.6) is 0 Å². The maximum Gasteiger partial charge on any atom is 0.248 e. The summed E-state index contributed by atoms with van der Waals surface area (Å²) in [6.07, 6.45) is 16.1. The summed E-state index contributed by atoms with van der Waals surface area (Å²) in [6.45, 7) is 4.71. The fourth-order valence-electron chi connectivity index (χ4n) is 15.8. The van der Waals surface area contributed by atoms with E-state index in [1.165, 1.54) is 88.4 Å². The number of amides is 12. The number of alkyl halides is 2. The van der Waals surface area contributed by atoms with E-state index in [-0.39, 0.29) is 60.7 Å². The zero-order valence-electron chi connectivity index (χ0n) is 58.5. The van der Waals surface area contributed by atoms with Crippen LogP contribution >= 0.6 is 23.2 Å². The average Bonchev–Trinajstić information content (AvgIpc) is 1.79. The molecule has 0 radical (unpaired) electrons. The van der Waals surface area contributed by atoms with Crippen molar-refractivity contribution in [3.05, 3.63) is 0 Å². The van der Waals surface area contributed by atoms with Gasteiger partial charge in [0.15, 0.2) is 0 Å². The van der Waals surface area contributed by atoms with Crippen molar-refractivity contribution in [2.24, 2.45) is 23.7 Å². The van der Waals surface area contributed by atoms with Gasteiger partial charge in [0.25, 0.3) is 0 Å². The summed E-state index contributed by atoms with van der Waals surface area (Å²) in [6, 6.07) is -7.99. The molecule has 0 bridgehead atoms. The van der Waals surface area contributed by atoms with Gasteiger partial charge < -0.3 is 60.0 Å². The Morgan fingerprint density at radius 3 is 1.80 bits per heavy atom. The van der Waals surface area contributed by atoms with E-state index < -0.39 is 151 Å². The second-order valence-electron chi connectivity index (χ2n) is 29.1. The third kappa shape index (κ3) is 19.3. The lowest BCUT2D eigenvalue weighted by molar-refractivity contribution is -0.157. The summed E-state index contributed by atoms with van der Waals surface area (Å²) < 4.78 is 0. The number of likely N-dealkylation sites (tertiary alicyclic amines) is 1. The van der Waals surface area contributed by atoms with E-state index in [9.17, 15) is 38.4 Å². The minimum atomic E-state index is -1.47. The topological polar surface area (TPSA) is 270 Å². The van der Waals surface area contributed by atoms with Gasteiger partial charge in [-0.1, -0.05) is 84.5 Å². The highest BCUT2D eigenvalue weighted by Gasteiger charge is 2.51. The molecular formula is C69H112Cl2N12O12. The molecule has 7 aliphatic rings. The third-order valence-electron chi connectivity index (χ3n) is 22.5. The van der Waals surface area contributed by atoms with Gasteiger partial charge in [0, 0.05) is 74.3 Å². The molecule has 1 spiro atoms. The Labute approximate surface area is 574 Å². The predicted octanol–water partition coefficient (Wildman–Crippen LogP) is 4.89. The summed E-state index contributed by atoms with van der Waals surface area (Å²) in [7, 11) is 10.3. The summed E-state index contributed by atoms with van der Waals surface area (Å²) in [5.74, 6) is -7.34. The Morgan fingerprint density at radius 2 is 1.17 bits per heavy atom. The molecule has 26 heteroatoms. The van der Waals surface area contributed by atoms with Gasteiger partial charge in [-0.05, 0) is 127 Å². The zero-order chi connectivity index (χ0) is 69.6. The minimum absolute atomic E-state index is 0.0857. The lowest BCUT2D eigenvalue weighted by Crippen LogP contribution is -2.65. The van der Waals surface area contributed by atoms with Gasteiger partial charge in [-0.2, -0.15) is 0 Å². The Hall–Kier alpha value is -5.78. The number of carbonyl (C=O) groups is 12. The van der Waals surface area contributed by atoms with E-state index in [1.54, 1.807) is 18.9 Å². The molecular weight excluding hydrogens is 1260 g/mol. The molecule has 7 fully saturated rings. The Morgan fingerprint density at radius 1 is 0.558 bits per heavy atom. The smallest absolute Gasteiger partial charge is 0.248 e. The number of fused-ring (bicyclic) bond motifs is 1. The van der Waals surface area contributed by atoms with Crippen LogP contribution in [-0.4, -0.2) is 262 Å². The van der Waals surface area contributed by atoms with E-state index in [4.69, 9.17) is 23.2 Å². The summed E-state index contributed by atoms with van der Waals surface area (Å²) in [5.41, 5.74) is -1.47. The minimum Gasteiger partial charge on any atom is -0.343 e. The molecule has 3 unspecified atom stereocenters. The summed E-state index contributed by atoms with van der Waals surface area (Å²) >= 11 is 13.2. The standard InChI is InChI=1S/C69H112Cl2N12O12/c1-11-44(2)59-66(93)77(6)42-57(86)75(4)43-58(87)79(8)53(39-46-24-15-12-16-25-46)64(91)76(5)41-55(84)72-51(32-30-47-29-31-49(70)50(71)38-47)63(90)83-37-23-28-52(83)62(89)74-69(33-19-20-34-69)68(95)81(10)60(48-26-17-13-18-27-48)67(94)80(9)54(65(92)82-35-21-14-22-36-82)40-56(85)78(7)45(3)61(88)73-59/h44-54,59-60H,11-43H2,1-10H3,(H,72,84)(H,73,88)(H,74,89)/t44-,45-,47?,49?,50?,51-,52-,53-,54-,59-,60-/m0/s1. The van der Waals surface area contributed by atoms with Crippen LogP contribution in [0.3, 0.4) is 0 Å². The van der Waals surface area contributed by atoms with Crippen LogP contribution < -0.4 is 16.0 Å². The number of nitrogens with one attached hydrogen (secondary N) is 3. The molecule has 12 amide bonds. The van der Waals surface area contributed by atoms with Crippen LogP contribution in [0.25, 0.3) is 0 Å². The van der Waals surface area contributed by atoms with Gasteiger partial charge in [-0.3, -0.25) is 57.5 Å². The van der Waals surface area contributed by atoms with Crippen LogP contribution in [0, 0.1) is 23.7 Å². The normalized spacial score (nSPS) is 30.8. The zero-order valence-corrected chi connectivity index (χ0v) is 60.0. The van der Waals surface area contributed by atoms with Gasteiger partial charge in [0.2, 0.25) is 70.9 Å². The van der Waals surface area contributed by atoms with Crippen molar-refractivity contribution < 1.29 is 57.5 Å². The van der Waals surface area contributed by atoms with Crippen LogP contribution in [-0.2, 0) is 57.5 Å². The second-order valence-corrected chi connectivity index (χ2v) is 30.3. The molecule has 0 aromatic heterocycles. The second kappa shape index (κ2) is 35.1. The fraction of sp³-hybridized carbons (Fsp3) is 0.826. The lowest BCUT2D eigenvalue weighted by Gasteiger charge is -2.43. The first kappa shape index (κ1) is 76.6. The van der Waals surface area contributed by atoms with Crippen LogP contribution in [0.2, 0.25) is 0 Å². The summed E-state index contributed by atoms with van der Waals surface area (Å²) in [5, 5.41) is 8.47. The first-order chi connectivity index (χ1) is 45.1. The molecule has 3 N–H and O–H groups in total. The number of halogens is 2. The molecule has 24 nitrogen and oxygen atoms in total. The number of rotatable bonds is 9. The van der Waals surface area contributed by atoms with Gasteiger partial charge in [-0.15, -0.1) is 23.2 Å². The van der Waals surface area contributed by atoms with Gasteiger partial charge >= 0.3 is 0 Å². The van der Waals surface area contributed by atoms with Crippen molar-refractivity contribution >= 4 is 94.1 Å². The van der Waals surface area contributed by atoms with E-state index in [1.807, 2.05) is 6.92 Å². The van der Waals surface area contributed by atoms with Crippen molar-refractivity contribution in [3.63, 3.8) is 0 Å². The molecule has 4 aliphatic carbocycles. The summed E-state index contributed by atoms with van der Waals surface area (Å²) in [4.78, 5) is 190. The van der Waals surface area contributed by atoms with Gasteiger partial charge in [0.1, 0.15) is 47.8 Å². The molecule has 95 heavy (non-hydrogen) atoms. The molecule has 3 heterocycles. The Balaban J connectivity index is 1.25. The molecule has 0 aromatic rings. The van der Waals surface area contributed by atoms with Crippen LogP contribution in [0.15, 0.2) is 0 Å². The molecule has 4 saturated carbocycles. The maximum atomic E-state index is 15.7. The monoisotopic (exact) mass is 1370 g/mol. The molecule has 3 saturated heterocycles. The first-order valence-electron chi connectivity index (χ1n) is 35.7. The number of hydrogen-bond acceptors (Lipinski definition) is 12. The number of nitrogens with zero attached hydrogens (tertiary/aromatic N) is 9. The largest absolute Gasteiger partial charge is 0.343 e. The van der Waals surface area contributed by atoms with Gasteiger partial charge in [-0.25, -0.2) is 0 Å². The quantitative estimate of drug-likeness (QED) is 0.261. The van der Waals surface area contributed by atoms with E-state index in [0.717, 1.165) is 77.0 Å². The SMILES string of the molecule is CC[C@H](C)[C@@H]1NC(=O)[C@H](C)N(C)C(=O)C[C@@H](C(=O)N2CCCCC2)N(C)C(=O)[C@H](C2CCCCC2)N(C)C(=O)C2(CCCC2)NC(=O)[C@@H]2CCCN2C(=O)[C@H](CCC2CCC(Cl)C(Cl)C2)NC(=O)CN(C)C(=O)[C@H](CC2CCCCC2)N(C)C(=O)CN(C)C(=O)CN(C)C1=O. The molecule has 534 valence electrons. The number of hydrogen-bond donors (Lipinski definition) is 3. The Bertz CT molecular complexity index is 2740. The predicted molar refractivity (Wildman–Crippen MR) is 361 cm³/mol. The highest BCUT2D eigenvalue weighted by atomic mass is 35.5. The molecule has 11 atom stereocenters. The molecule has 0 aromatic carbocycles. The third-order valence-corrected chi connectivity index (χ3v) is 23.6. The number of likely N-dealkylation sites (N-methyl/N-ethyl adjacent to an activating group) is 7.